The van der Waals surface area contributed by atoms with E-state index in [-0.39, 0.29) is 29.5 Å². The van der Waals surface area contributed by atoms with E-state index in [1.165, 1.54) is 12.1 Å². The van der Waals surface area contributed by atoms with Crippen LogP contribution in [0.3, 0.4) is 0 Å². The Hall–Kier alpha value is -3.99. The van der Waals surface area contributed by atoms with Gasteiger partial charge in [-0.1, -0.05) is 36.2 Å². The first-order chi connectivity index (χ1) is 20.8. The summed E-state index contributed by atoms with van der Waals surface area (Å²) in [4.78, 5) is 18.9. The summed E-state index contributed by atoms with van der Waals surface area (Å²) in [5, 5.41) is 10.6. The summed E-state index contributed by atoms with van der Waals surface area (Å²) in [5.41, 5.74) is 3.88. The molecule has 5 aromatic rings. The van der Waals surface area contributed by atoms with Crippen LogP contribution < -0.4 is 4.74 Å². The number of carbonyl (C=O) groups is 1. The van der Waals surface area contributed by atoms with Crippen molar-refractivity contribution in [3.05, 3.63) is 94.0 Å². The molecule has 0 bridgehead atoms. The van der Waals surface area contributed by atoms with E-state index in [4.69, 9.17) is 25.5 Å². The number of furan rings is 1. The van der Waals surface area contributed by atoms with Gasteiger partial charge < -0.3 is 23.6 Å². The highest BCUT2D eigenvalue weighted by atomic mass is 35.5. The van der Waals surface area contributed by atoms with Crippen molar-refractivity contribution in [2.45, 2.75) is 45.0 Å². The van der Waals surface area contributed by atoms with Gasteiger partial charge in [0.05, 0.1) is 34.6 Å². The van der Waals surface area contributed by atoms with Crippen molar-refractivity contribution < 1.29 is 32.6 Å². The summed E-state index contributed by atoms with van der Waals surface area (Å²) in [6, 6.07) is 11.7. The quantitative estimate of drug-likeness (QED) is 0.177. The number of piperidine rings is 1. The lowest BCUT2D eigenvalue weighted by Crippen LogP contribution is -2.33. The van der Waals surface area contributed by atoms with Gasteiger partial charge in [0.2, 0.25) is 0 Å². The molecule has 8 nitrogen and oxygen atoms in total. The normalized spacial score (nSPS) is 15.9. The molecule has 3 heterocycles. The molecule has 1 N–H and O–H groups in total. The van der Waals surface area contributed by atoms with Gasteiger partial charge in [0, 0.05) is 48.8 Å². The number of halogens is 3. The van der Waals surface area contributed by atoms with Gasteiger partial charge >= 0.3 is 5.97 Å². The number of aromatic carboxylic acids is 1. The Morgan fingerprint density at radius 2 is 2.02 bits per heavy atom. The molecular formula is C32H30ClF2N3O5. The molecule has 0 saturated carbocycles. The van der Waals surface area contributed by atoms with Gasteiger partial charge in [-0.25, -0.2) is 14.2 Å². The topological polar surface area (TPSA) is 90.0 Å². The van der Waals surface area contributed by atoms with Gasteiger partial charge in [-0.05, 0) is 49.2 Å². The second-order valence-electron chi connectivity index (χ2n) is 10.7. The van der Waals surface area contributed by atoms with E-state index >= 15 is 4.39 Å². The van der Waals surface area contributed by atoms with Crippen LogP contribution in [0.2, 0.25) is 5.02 Å². The van der Waals surface area contributed by atoms with Crippen LogP contribution in [-0.4, -0.2) is 45.8 Å². The number of benzene rings is 3. The van der Waals surface area contributed by atoms with Crippen LogP contribution in [0.4, 0.5) is 8.78 Å². The smallest absolute Gasteiger partial charge is 0.335 e. The Kier molecular flexibility index (Phi) is 8.34. The standard InChI is InChI=1S/C32H30ClF2N3O5/c1-41-12-11-38-18-36-29-21(13-20(32(39)40)14-27(29)38)16-37-10-3-2-7-26(37)22-5-4-6-25(34)31(22)42-17-19-8-9-24(33)23-15-28(35)43-30(19)23/h4-6,8-9,13-15,18,26H,2-3,7,10-12,16-17H2,1H3,(H,39,40). The number of imidazole rings is 1. The first kappa shape index (κ1) is 29.1. The van der Waals surface area contributed by atoms with E-state index in [1.807, 2.05) is 10.6 Å². The second-order valence-corrected chi connectivity index (χ2v) is 11.1. The number of carboxylic acid groups (broad SMARTS) is 1. The van der Waals surface area contributed by atoms with Gasteiger partial charge in [0.15, 0.2) is 11.6 Å². The Labute approximate surface area is 251 Å². The molecule has 43 heavy (non-hydrogen) atoms. The second kappa shape index (κ2) is 12.3. The number of nitrogens with zero attached hydrogens (tertiary/aromatic N) is 3. The van der Waals surface area contributed by atoms with Crippen LogP contribution in [-0.2, 0) is 24.4 Å². The highest BCUT2D eigenvalue weighted by molar-refractivity contribution is 6.35. The third-order valence-corrected chi connectivity index (χ3v) is 8.31. The van der Waals surface area contributed by atoms with Crippen molar-refractivity contribution >= 4 is 39.6 Å². The molecule has 6 rings (SSSR count). The van der Waals surface area contributed by atoms with Crippen molar-refractivity contribution in [3.63, 3.8) is 0 Å². The molecule has 1 saturated heterocycles. The molecule has 0 spiro atoms. The minimum absolute atomic E-state index is 0.0541. The maximum absolute atomic E-state index is 15.4. The van der Waals surface area contributed by atoms with Gasteiger partial charge in [0.1, 0.15) is 12.2 Å². The van der Waals surface area contributed by atoms with Crippen LogP contribution in [0.1, 0.15) is 52.4 Å². The van der Waals surface area contributed by atoms with E-state index < -0.39 is 17.8 Å². The molecule has 224 valence electrons. The Balaban J connectivity index is 1.32. The molecule has 11 heteroatoms. The van der Waals surface area contributed by atoms with E-state index in [2.05, 4.69) is 9.88 Å². The Bertz CT molecular complexity index is 1800. The van der Waals surface area contributed by atoms with Crippen LogP contribution in [0.15, 0.2) is 59.3 Å². The fraction of sp³-hybridized carbons (Fsp3) is 0.312. The summed E-state index contributed by atoms with van der Waals surface area (Å²) < 4.78 is 47.7. The molecule has 0 amide bonds. The minimum atomic E-state index is -1.02. The SMILES string of the molecule is COCCn1cnc2c(CN3CCCCC3c3cccc(F)c3OCc3ccc(Cl)c4cc(F)oc34)cc(C(=O)O)cc21. The first-order valence-corrected chi connectivity index (χ1v) is 14.4. The molecule has 1 unspecified atom stereocenters. The molecule has 1 fully saturated rings. The zero-order chi connectivity index (χ0) is 30.1. The molecule has 2 aromatic heterocycles. The number of hydrogen-bond donors (Lipinski definition) is 1. The molecule has 0 radical (unpaired) electrons. The number of para-hydroxylation sites is 1. The lowest BCUT2D eigenvalue weighted by Gasteiger charge is -2.37. The Morgan fingerprint density at radius 1 is 1.16 bits per heavy atom. The summed E-state index contributed by atoms with van der Waals surface area (Å²) in [5.74, 6) is -1.42. The molecule has 1 atom stereocenters. The highest BCUT2D eigenvalue weighted by Gasteiger charge is 2.29. The van der Waals surface area contributed by atoms with Crippen molar-refractivity contribution in [1.82, 2.24) is 14.5 Å². The molecule has 0 aliphatic carbocycles. The molecular weight excluding hydrogens is 580 g/mol. The zero-order valence-corrected chi connectivity index (χ0v) is 24.2. The van der Waals surface area contributed by atoms with Crippen LogP contribution in [0.5, 0.6) is 5.75 Å². The van der Waals surface area contributed by atoms with Crippen LogP contribution in [0.25, 0.3) is 22.0 Å². The monoisotopic (exact) mass is 609 g/mol. The third kappa shape index (κ3) is 5.82. The fourth-order valence-electron chi connectivity index (χ4n) is 5.92. The third-order valence-electron chi connectivity index (χ3n) is 7.98. The van der Waals surface area contributed by atoms with E-state index in [0.717, 1.165) is 42.4 Å². The molecule has 3 aromatic carbocycles. The number of methoxy groups -OCH3 is 1. The maximum Gasteiger partial charge on any atom is 0.335 e. The fourth-order valence-corrected chi connectivity index (χ4v) is 6.12. The van der Waals surface area contributed by atoms with Gasteiger partial charge in [0.25, 0.3) is 6.01 Å². The summed E-state index contributed by atoms with van der Waals surface area (Å²) in [6.45, 7) is 2.10. The van der Waals surface area contributed by atoms with Crippen molar-refractivity contribution in [2.24, 2.45) is 0 Å². The summed E-state index contributed by atoms with van der Waals surface area (Å²) in [7, 11) is 1.61. The predicted molar refractivity (Wildman–Crippen MR) is 157 cm³/mol. The van der Waals surface area contributed by atoms with Crippen molar-refractivity contribution in [3.8, 4) is 5.75 Å². The number of likely N-dealkylation sites (tertiary alicyclic amines) is 1. The number of hydrogen-bond acceptors (Lipinski definition) is 6. The molecule has 1 aliphatic heterocycles. The number of fused-ring (bicyclic) bond motifs is 2. The van der Waals surface area contributed by atoms with Gasteiger partial charge in [-0.15, -0.1) is 0 Å². The largest absolute Gasteiger partial charge is 0.485 e. The number of carboxylic acids is 1. The number of ether oxygens (including phenoxy) is 2. The first-order valence-electron chi connectivity index (χ1n) is 14.1. The van der Waals surface area contributed by atoms with Crippen molar-refractivity contribution in [2.75, 3.05) is 20.3 Å². The summed E-state index contributed by atoms with van der Waals surface area (Å²) in [6.07, 6.45) is 4.35. The minimum Gasteiger partial charge on any atom is -0.485 e. The van der Waals surface area contributed by atoms with E-state index in [9.17, 15) is 14.3 Å². The predicted octanol–water partition coefficient (Wildman–Crippen LogP) is 7.36. The van der Waals surface area contributed by atoms with Gasteiger partial charge in [-0.3, -0.25) is 4.90 Å². The number of aromatic nitrogens is 2. The Morgan fingerprint density at radius 3 is 2.84 bits per heavy atom. The molecule has 1 aliphatic rings. The number of rotatable bonds is 10. The lowest BCUT2D eigenvalue weighted by atomic mass is 9.93. The highest BCUT2D eigenvalue weighted by Crippen LogP contribution is 2.40. The zero-order valence-electron chi connectivity index (χ0n) is 23.5. The average Bonchev–Trinajstić information content (AvgIpc) is 3.60. The lowest BCUT2D eigenvalue weighted by molar-refractivity contribution is 0.0696. The van der Waals surface area contributed by atoms with Gasteiger partial charge in [-0.2, -0.15) is 4.39 Å². The van der Waals surface area contributed by atoms with E-state index in [0.29, 0.717) is 41.2 Å². The van der Waals surface area contributed by atoms with Crippen LogP contribution in [0, 0.1) is 11.8 Å². The average molecular weight is 610 g/mol. The van der Waals surface area contributed by atoms with E-state index in [1.54, 1.807) is 43.8 Å². The maximum atomic E-state index is 15.4. The van der Waals surface area contributed by atoms with Crippen molar-refractivity contribution in [1.29, 1.82) is 0 Å². The van der Waals surface area contributed by atoms with Crippen LogP contribution >= 0.6 is 11.6 Å². The summed E-state index contributed by atoms with van der Waals surface area (Å²) >= 11 is 6.20.